The fraction of sp³-hybridized carbons (Fsp3) is 0.400. The van der Waals surface area contributed by atoms with Gasteiger partial charge in [-0.25, -0.2) is 0 Å². The van der Waals surface area contributed by atoms with Crippen LogP contribution < -0.4 is 16.2 Å². The summed E-state index contributed by atoms with van der Waals surface area (Å²) in [5, 5.41) is 7.54. The van der Waals surface area contributed by atoms with E-state index in [1.54, 1.807) is 19.1 Å². The van der Waals surface area contributed by atoms with Crippen LogP contribution in [0.3, 0.4) is 0 Å². The van der Waals surface area contributed by atoms with Gasteiger partial charge in [0, 0.05) is 31.0 Å². The van der Waals surface area contributed by atoms with Gasteiger partial charge < -0.3 is 9.84 Å². The second-order valence-corrected chi connectivity index (χ2v) is 5.92. The molecule has 1 aliphatic heterocycles. The zero-order valence-corrected chi connectivity index (χ0v) is 13.4. The first kappa shape index (κ1) is 15.9. The van der Waals surface area contributed by atoms with E-state index in [2.05, 4.69) is 26.3 Å². The normalized spacial score (nSPS) is 18.8. The van der Waals surface area contributed by atoms with Gasteiger partial charge in [0.2, 0.25) is 11.8 Å². The summed E-state index contributed by atoms with van der Waals surface area (Å²) in [6.07, 6.45) is 1.30. The third kappa shape index (κ3) is 4.07. The lowest BCUT2D eigenvalue weighted by Crippen LogP contribution is -2.37. The Kier molecular flexibility index (Phi) is 4.90. The molecule has 122 valence electrons. The van der Waals surface area contributed by atoms with Crippen LogP contribution in [0.25, 0.3) is 0 Å². The van der Waals surface area contributed by atoms with Gasteiger partial charge in [0.25, 0.3) is 0 Å². The molecule has 3 rings (SSSR count). The van der Waals surface area contributed by atoms with Crippen molar-refractivity contribution in [3.8, 4) is 0 Å². The molecule has 7 nitrogen and oxygen atoms in total. The number of hydrogen-bond donors (Lipinski definition) is 3. The van der Waals surface area contributed by atoms with E-state index in [4.69, 9.17) is 16.1 Å². The van der Waals surface area contributed by atoms with Gasteiger partial charge in [-0.05, 0) is 24.1 Å². The highest BCUT2D eigenvalue weighted by Crippen LogP contribution is 2.22. The van der Waals surface area contributed by atoms with Crippen LogP contribution in [0.4, 0.5) is 0 Å². The number of hydrazine groups is 1. The van der Waals surface area contributed by atoms with Crippen molar-refractivity contribution in [2.24, 2.45) is 0 Å². The third-order valence-electron chi connectivity index (χ3n) is 3.67. The first-order valence-electron chi connectivity index (χ1n) is 7.45. The minimum absolute atomic E-state index is 0.0754. The summed E-state index contributed by atoms with van der Waals surface area (Å²) in [4.78, 5) is 16.6. The fourth-order valence-electron chi connectivity index (χ4n) is 2.52. The van der Waals surface area contributed by atoms with Gasteiger partial charge in [-0.1, -0.05) is 28.9 Å². The van der Waals surface area contributed by atoms with Gasteiger partial charge in [-0.15, -0.1) is 0 Å². The number of hydrogen-bond acceptors (Lipinski definition) is 6. The third-order valence-corrected chi connectivity index (χ3v) is 3.92. The maximum atomic E-state index is 12.3. The number of halogens is 1. The molecule has 1 aromatic heterocycles. The van der Waals surface area contributed by atoms with E-state index in [1.807, 2.05) is 12.1 Å². The Morgan fingerprint density at radius 1 is 1.48 bits per heavy atom. The molecule has 1 saturated heterocycles. The predicted octanol–water partition coefficient (Wildman–Crippen LogP) is 1.49. The summed E-state index contributed by atoms with van der Waals surface area (Å²) in [6, 6.07) is 6.89. The molecule has 1 fully saturated rings. The van der Waals surface area contributed by atoms with Crippen LogP contribution in [-0.4, -0.2) is 28.6 Å². The standard InChI is InChI=1S/C15H18ClN5O2/c1-9-18-15(21-23-9)14(10-2-4-11(16)5-3-10)19-13(22)8-12-6-7-17-20-12/h2-5,12,14,17,20H,6-8H2,1H3,(H,19,22). The van der Waals surface area contributed by atoms with Crippen LogP contribution in [0.15, 0.2) is 28.8 Å². The smallest absolute Gasteiger partial charge is 0.223 e. The summed E-state index contributed by atoms with van der Waals surface area (Å²) < 4.78 is 5.04. The highest BCUT2D eigenvalue weighted by Gasteiger charge is 2.24. The molecule has 1 aliphatic rings. The first-order chi connectivity index (χ1) is 11.1. The maximum Gasteiger partial charge on any atom is 0.223 e. The molecule has 0 radical (unpaired) electrons. The first-order valence-corrected chi connectivity index (χ1v) is 7.83. The number of carbonyl (C=O) groups excluding carboxylic acids is 1. The second kappa shape index (κ2) is 7.08. The van der Waals surface area contributed by atoms with Gasteiger partial charge in [-0.2, -0.15) is 4.98 Å². The van der Waals surface area contributed by atoms with E-state index in [1.165, 1.54) is 0 Å². The van der Waals surface area contributed by atoms with Crippen LogP contribution in [-0.2, 0) is 4.79 Å². The molecule has 1 aromatic carbocycles. The lowest BCUT2D eigenvalue weighted by Gasteiger charge is -2.17. The minimum atomic E-state index is -0.466. The Hall–Kier alpha value is -1.96. The van der Waals surface area contributed by atoms with Crippen LogP contribution >= 0.6 is 11.6 Å². The zero-order valence-electron chi connectivity index (χ0n) is 12.7. The number of rotatable bonds is 5. The largest absolute Gasteiger partial charge is 0.342 e. The molecule has 2 aromatic rings. The molecule has 0 aliphatic carbocycles. The lowest BCUT2D eigenvalue weighted by molar-refractivity contribution is -0.122. The van der Waals surface area contributed by atoms with E-state index in [9.17, 15) is 4.79 Å². The number of amides is 1. The van der Waals surface area contributed by atoms with Crippen molar-refractivity contribution in [2.45, 2.75) is 31.8 Å². The molecule has 8 heteroatoms. The van der Waals surface area contributed by atoms with E-state index >= 15 is 0 Å². The number of aromatic nitrogens is 2. The Balaban J connectivity index is 1.77. The van der Waals surface area contributed by atoms with E-state index < -0.39 is 6.04 Å². The molecule has 23 heavy (non-hydrogen) atoms. The van der Waals surface area contributed by atoms with Crippen molar-refractivity contribution in [2.75, 3.05) is 6.54 Å². The number of nitrogens with zero attached hydrogens (tertiary/aromatic N) is 2. The molecule has 2 unspecified atom stereocenters. The fourth-order valence-corrected chi connectivity index (χ4v) is 2.64. The maximum absolute atomic E-state index is 12.3. The van der Waals surface area contributed by atoms with Crippen molar-refractivity contribution < 1.29 is 9.32 Å². The second-order valence-electron chi connectivity index (χ2n) is 5.48. The summed E-state index contributed by atoms with van der Waals surface area (Å²) in [6.45, 7) is 2.58. The highest BCUT2D eigenvalue weighted by atomic mass is 35.5. The Morgan fingerprint density at radius 2 is 2.26 bits per heavy atom. The minimum Gasteiger partial charge on any atom is -0.342 e. The Labute approximate surface area is 138 Å². The monoisotopic (exact) mass is 335 g/mol. The summed E-state index contributed by atoms with van der Waals surface area (Å²) >= 11 is 5.93. The zero-order chi connectivity index (χ0) is 16.2. The number of aryl methyl sites for hydroxylation is 1. The molecule has 0 spiro atoms. The molecule has 0 saturated carbocycles. The molecule has 0 bridgehead atoms. The van der Waals surface area contributed by atoms with Gasteiger partial charge in [0.05, 0.1) is 0 Å². The van der Waals surface area contributed by atoms with Gasteiger partial charge in [0.15, 0.2) is 5.82 Å². The highest BCUT2D eigenvalue weighted by molar-refractivity contribution is 6.30. The number of carbonyl (C=O) groups is 1. The average Bonchev–Trinajstić information content (AvgIpc) is 3.17. The van der Waals surface area contributed by atoms with Crippen molar-refractivity contribution in [1.29, 1.82) is 0 Å². The lowest BCUT2D eigenvalue weighted by atomic mass is 10.1. The molecule has 3 N–H and O–H groups in total. The molecular formula is C15H18ClN5O2. The molecule has 2 heterocycles. The summed E-state index contributed by atoms with van der Waals surface area (Å²) in [5.74, 6) is 0.805. The molecular weight excluding hydrogens is 318 g/mol. The quantitative estimate of drug-likeness (QED) is 0.767. The van der Waals surface area contributed by atoms with Crippen molar-refractivity contribution in [3.63, 3.8) is 0 Å². The Morgan fingerprint density at radius 3 is 2.87 bits per heavy atom. The number of nitrogens with one attached hydrogen (secondary N) is 3. The average molecular weight is 336 g/mol. The van der Waals surface area contributed by atoms with E-state index in [0.29, 0.717) is 23.2 Å². The van der Waals surface area contributed by atoms with Crippen LogP contribution in [0, 0.1) is 6.92 Å². The van der Waals surface area contributed by atoms with Crippen LogP contribution in [0.1, 0.15) is 36.2 Å². The van der Waals surface area contributed by atoms with Gasteiger partial charge >= 0.3 is 0 Å². The van der Waals surface area contributed by atoms with E-state index in [0.717, 1.165) is 18.5 Å². The molecule has 1 amide bonds. The van der Waals surface area contributed by atoms with Crippen LogP contribution in [0.2, 0.25) is 5.02 Å². The van der Waals surface area contributed by atoms with E-state index in [-0.39, 0.29) is 11.9 Å². The van der Waals surface area contributed by atoms with Crippen molar-refractivity contribution in [1.82, 2.24) is 26.3 Å². The van der Waals surface area contributed by atoms with Crippen molar-refractivity contribution in [3.05, 3.63) is 46.6 Å². The number of benzene rings is 1. The SMILES string of the molecule is Cc1nc(C(NC(=O)CC2CCNN2)c2ccc(Cl)cc2)no1. The van der Waals surface area contributed by atoms with Gasteiger partial charge in [-0.3, -0.25) is 15.6 Å². The predicted molar refractivity (Wildman–Crippen MR) is 84.6 cm³/mol. The summed E-state index contributed by atoms with van der Waals surface area (Å²) in [5.41, 5.74) is 6.94. The Bertz CT molecular complexity index is 667. The van der Waals surface area contributed by atoms with Crippen LogP contribution in [0.5, 0.6) is 0 Å². The molecule has 2 atom stereocenters. The summed E-state index contributed by atoms with van der Waals surface area (Å²) in [7, 11) is 0. The van der Waals surface area contributed by atoms with Gasteiger partial charge in [0.1, 0.15) is 6.04 Å². The topological polar surface area (TPSA) is 92.1 Å². The van der Waals surface area contributed by atoms with Crippen molar-refractivity contribution >= 4 is 17.5 Å².